The Morgan fingerprint density at radius 3 is 2.89 bits per heavy atom. The summed E-state index contributed by atoms with van der Waals surface area (Å²) in [7, 11) is 0. The molecule has 1 aliphatic rings. The Labute approximate surface area is 118 Å². The van der Waals surface area contributed by atoms with Crippen LogP contribution in [0.15, 0.2) is 18.2 Å². The third-order valence-corrected chi connectivity index (χ3v) is 3.43. The minimum Gasteiger partial charge on any atom is -0.341 e. The van der Waals surface area contributed by atoms with Gasteiger partial charge in [0.25, 0.3) is 5.91 Å². The highest BCUT2D eigenvalue weighted by Gasteiger charge is 2.38. The van der Waals surface area contributed by atoms with Crippen molar-refractivity contribution in [3.63, 3.8) is 0 Å². The fourth-order valence-corrected chi connectivity index (χ4v) is 2.74. The van der Waals surface area contributed by atoms with Gasteiger partial charge in [-0.15, -0.1) is 0 Å². The molecule has 0 aromatic heterocycles. The molecule has 0 saturated heterocycles. The number of rotatable bonds is 3. The van der Waals surface area contributed by atoms with Crippen molar-refractivity contribution >= 4 is 45.0 Å². The molecule has 4 nitrogen and oxygen atoms in total. The van der Waals surface area contributed by atoms with Crippen LogP contribution in [0.4, 0.5) is 5.69 Å². The van der Waals surface area contributed by atoms with E-state index in [1.807, 2.05) is 6.07 Å². The molecule has 0 aliphatic carbocycles. The molecule has 0 saturated carbocycles. The first-order valence-corrected chi connectivity index (χ1v) is 6.99. The highest BCUT2D eigenvalue weighted by molar-refractivity contribution is 9.09. The number of halogens is 2. The van der Waals surface area contributed by atoms with Gasteiger partial charge >= 0.3 is 0 Å². The molecule has 2 rings (SSSR count). The molecular formula is C12H12BrClN2O2. The SMILES string of the molecule is CC(=O)NC1C(=O)N(CCBr)c2c(Cl)cccc21. The maximum atomic E-state index is 12.3. The molecule has 1 unspecified atom stereocenters. The van der Waals surface area contributed by atoms with Crippen LogP contribution in [-0.2, 0) is 9.59 Å². The summed E-state index contributed by atoms with van der Waals surface area (Å²) in [6.07, 6.45) is 0. The summed E-state index contributed by atoms with van der Waals surface area (Å²) < 4.78 is 0. The van der Waals surface area contributed by atoms with Crippen LogP contribution in [0, 0.1) is 0 Å². The van der Waals surface area contributed by atoms with Crippen LogP contribution < -0.4 is 10.2 Å². The van der Waals surface area contributed by atoms with Gasteiger partial charge in [-0.25, -0.2) is 0 Å². The molecule has 0 radical (unpaired) electrons. The number of fused-ring (bicyclic) bond motifs is 1. The smallest absolute Gasteiger partial charge is 0.254 e. The maximum Gasteiger partial charge on any atom is 0.254 e. The van der Waals surface area contributed by atoms with Crippen LogP contribution in [0.25, 0.3) is 0 Å². The topological polar surface area (TPSA) is 49.4 Å². The molecule has 1 aromatic carbocycles. The van der Waals surface area contributed by atoms with Gasteiger partial charge in [-0.2, -0.15) is 0 Å². The Morgan fingerprint density at radius 2 is 2.28 bits per heavy atom. The minimum atomic E-state index is -0.629. The number of alkyl halides is 1. The van der Waals surface area contributed by atoms with Gasteiger partial charge < -0.3 is 10.2 Å². The number of amides is 2. The van der Waals surface area contributed by atoms with Crippen molar-refractivity contribution in [2.45, 2.75) is 13.0 Å². The van der Waals surface area contributed by atoms with E-state index < -0.39 is 6.04 Å². The minimum absolute atomic E-state index is 0.146. The summed E-state index contributed by atoms with van der Waals surface area (Å²) in [4.78, 5) is 25.1. The molecule has 1 aromatic rings. The number of carbonyl (C=O) groups excluding carboxylic acids is 2. The molecule has 6 heteroatoms. The van der Waals surface area contributed by atoms with E-state index in [0.29, 0.717) is 22.6 Å². The highest BCUT2D eigenvalue weighted by atomic mass is 79.9. The number of carbonyl (C=O) groups is 2. The molecule has 0 fully saturated rings. The standard InChI is InChI=1S/C12H12BrClN2O2/c1-7(17)15-10-8-3-2-4-9(14)11(8)16(6-5-13)12(10)18/h2-4,10H,5-6H2,1H3,(H,15,17). The van der Waals surface area contributed by atoms with Crippen LogP contribution in [0.1, 0.15) is 18.5 Å². The quantitative estimate of drug-likeness (QED) is 0.864. The van der Waals surface area contributed by atoms with E-state index in [0.717, 1.165) is 5.56 Å². The van der Waals surface area contributed by atoms with E-state index in [1.54, 1.807) is 17.0 Å². The van der Waals surface area contributed by atoms with Crippen molar-refractivity contribution in [3.8, 4) is 0 Å². The van der Waals surface area contributed by atoms with Gasteiger partial charge in [-0.05, 0) is 6.07 Å². The largest absolute Gasteiger partial charge is 0.341 e. The fraction of sp³-hybridized carbons (Fsp3) is 0.333. The molecule has 1 heterocycles. The second-order valence-electron chi connectivity index (χ2n) is 3.99. The monoisotopic (exact) mass is 330 g/mol. The fourth-order valence-electron chi connectivity index (χ4n) is 2.10. The number of nitrogens with one attached hydrogen (secondary N) is 1. The summed E-state index contributed by atoms with van der Waals surface area (Å²) in [6, 6.07) is 4.70. The first-order chi connectivity index (χ1) is 8.56. The zero-order valence-corrected chi connectivity index (χ0v) is 12.1. The van der Waals surface area contributed by atoms with E-state index >= 15 is 0 Å². The summed E-state index contributed by atoms with van der Waals surface area (Å²) >= 11 is 9.46. The Hall–Kier alpha value is -1.07. The average molecular weight is 332 g/mol. The van der Waals surface area contributed by atoms with Crippen LogP contribution in [0.3, 0.4) is 0 Å². The first-order valence-electron chi connectivity index (χ1n) is 5.49. The van der Waals surface area contributed by atoms with Crippen molar-refractivity contribution in [2.24, 2.45) is 0 Å². The summed E-state index contributed by atoms with van der Waals surface area (Å²) in [5.41, 5.74) is 1.45. The Morgan fingerprint density at radius 1 is 1.56 bits per heavy atom. The molecule has 1 N–H and O–H groups in total. The van der Waals surface area contributed by atoms with Crippen LogP contribution in [-0.4, -0.2) is 23.7 Å². The Kier molecular flexibility index (Phi) is 3.92. The molecular weight excluding hydrogens is 320 g/mol. The third-order valence-electron chi connectivity index (χ3n) is 2.77. The number of hydrogen-bond acceptors (Lipinski definition) is 2. The predicted molar refractivity (Wildman–Crippen MR) is 74.2 cm³/mol. The number of benzene rings is 1. The number of hydrogen-bond donors (Lipinski definition) is 1. The van der Waals surface area contributed by atoms with E-state index in [2.05, 4.69) is 21.2 Å². The Balaban J connectivity index is 2.46. The van der Waals surface area contributed by atoms with Gasteiger partial charge in [0.1, 0.15) is 6.04 Å². The van der Waals surface area contributed by atoms with Gasteiger partial charge in [0.05, 0.1) is 10.7 Å². The van der Waals surface area contributed by atoms with Crippen molar-refractivity contribution < 1.29 is 9.59 Å². The number of para-hydroxylation sites is 1. The lowest BCUT2D eigenvalue weighted by molar-refractivity contribution is -0.126. The first kappa shape index (κ1) is 13.4. The van der Waals surface area contributed by atoms with Gasteiger partial charge in [0.15, 0.2) is 0 Å². The number of nitrogens with zero attached hydrogens (tertiary/aromatic N) is 1. The molecule has 1 aliphatic heterocycles. The van der Waals surface area contributed by atoms with Crippen LogP contribution in [0.2, 0.25) is 5.02 Å². The van der Waals surface area contributed by atoms with Crippen LogP contribution >= 0.6 is 27.5 Å². The van der Waals surface area contributed by atoms with Gasteiger partial charge in [0.2, 0.25) is 5.91 Å². The lowest BCUT2D eigenvalue weighted by Crippen LogP contribution is -2.37. The maximum absolute atomic E-state index is 12.3. The van der Waals surface area contributed by atoms with E-state index in [1.165, 1.54) is 6.92 Å². The lowest BCUT2D eigenvalue weighted by atomic mass is 10.1. The zero-order valence-electron chi connectivity index (χ0n) is 9.74. The third kappa shape index (κ3) is 2.24. The molecule has 96 valence electrons. The Bertz CT molecular complexity index is 507. The molecule has 1 atom stereocenters. The second kappa shape index (κ2) is 5.28. The summed E-state index contributed by atoms with van der Waals surface area (Å²) in [5.74, 6) is -0.382. The van der Waals surface area contributed by atoms with Crippen molar-refractivity contribution in [3.05, 3.63) is 28.8 Å². The average Bonchev–Trinajstić information content (AvgIpc) is 2.56. The second-order valence-corrected chi connectivity index (χ2v) is 5.19. The van der Waals surface area contributed by atoms with E-state index in [9.17, 15) is 9.59 Å². The lowest BCUT2D eigenvalue weighted by Gasteiger charge is -2.17. The normalized spacial score (nSPS) is 17.8. The van der Waals surface area contributed by atoms with Crippen molar-refractivity contribution in [2.75, 3.05) is 16.8 Å². The van der Waals surface area contributed by atoms with Crippen molar-refractivity contribution in [1.29, 1.82) is 0 Å². The van der Waals surface area contributed by atoms with Gasteiger partial charge in [-0.1, -0.05) is 39.7 Å². The van der Waals surface area contributed by atoms with Gasteiger partial charge in [0, 0.05) is 24.4 Å². The molecule has 2 amide bonds. The van der Waals surface area contributed by atoms with Gasteiger partial charge in [-0.3, -0.25) is 9.59 Å². The molecule has 0 spiro atoms. The summed E-state index contributed by atoms with van der Waals surface area (Å²) in [6.45, 7) is 1.91. The van der Waals surface area contributed by atoms with Crippen LogP contribution in [0.5, 0.6) is 0 Å². The zero-order chi connectivity index (χ0) is 13.3. The molecule has 0 bridgehead atoms. The van der Waals surface area contributed by atoms with E-state index in [-0.39, 0.29) is 11.8 Å². The molecule has 18 heavy (non-hydrogen) atoms. The van der Waals surface area contributed by atoms with Crippen molar-refractivity contribution in [1.82, 2.24) is 5.32 Å². The van der Waals surface area contributed by atoms with E-state index in [4.69, 9.17) is 11.6 Å². The summed E-state index contributed by atoms with van der Waals surface area (Å²) in [5, 5.41) is 3.83. The number of anilines is 1. The highest BCUT2D eigenvalue weighted by Crippen LogP contribution is 2.40. The predicted octanol–water partition coefficient (Wildman–Crippen LogP) is 2.26.